The maximum atomic E-state index is 10.5. The van der Waals surface area contributed by atoms with Gasteiger partial charge in [0.05, 0.1) is 12.4 Å². The molecule has 1 heterocycles. The van der Waals surface area contributed by atoms with E-state index in [1.165, 1.54) is 0 Å². The van der Waals surface area contributed by atoms with Crippen molar-refractivity contribution in [3.05, 3.63) is 0 Å². The zero-order chi connectivity index (χ0) is 5.98. The molecule has 0 aliphatic carbocycles. The molecule has 0 radical (unpaired) electrons. The molecule has 46 valence electrons. The topological polar surface area (TPSA) is 47.5 Å². The van der Waals surface area contributed by atoms with Crippen molar-refractivity contribution in [2.24, 2.45) is 4.99 Å². The van der Waals surface area contributed by atoms with Gasteiger partial charge in [-0.15, -0.1) is 0 Å². The normalized spacial score (nSPS) is 19.6. The van der Waals surface area contributed by atoms with Gasteiger partial charge in [0, 0.05) is 6.54 Å². The minimum atomic E-state index is -0.669. The first-order valence-corrected chi connectivity index (χ1v) is 2.75. The second-order valence-corrected chi connectivity index (χ2v) is 1.84. The summed E-state index contributed by atoms with van der Waals surface area (Å²) in [5.74, 6) is 0.616. The molecule has 1 N–H and O–H groups in total. The SMILES string of the molecule is CC([O-])C1=NCCN1.[K+]. The molecule has 0 aromatic heterocycles. The van der Waals surface area contributed by atoms with Crippen LogP contribution in [0.5, 0.6) is 0 Å². The minimum Gasteiger partial charge on any atom is -0.847 e. The predicted molar refractivity (Wildman–Crippen MR) is 29.8 cm³/mol. The molecular formula is C5H9KN2O. The van der Waals surface area contributed by atoms with Crippen molar-refractivity contribution in [3.8, 4) is 0 Å². The Morgan fingerprint density at radius 3 is 2.67 bits per heavy atom. The van der Waals surface area contributed by atoms with Gasteiger partial charge < -0.3 is 10.4 Å². The van der Waals surface area contributed by atoms with Gasteiger partial charge in [0.15, 0.2) is 0 Å². The summed E-state index contributed by atoms with van der Waals surface area (Å²) in [4.78, 5) is 3.93. The van der Waals surface area contributed by atoms with E-state index in [1.807, 2.05) is 0 Å². The van der Waals surface area contributed by atoms with Crippen molar-refractivity contribution in [2.45, 2.75) is 13.0 Å². The summed E-state index contributed by atoms with van der Waals surface area (Å²) in [5, 5.41) is 13.4. The first-order valence-electron chi connectivity index (χ1n) is 2.75. The number of aliphatic imine (C=N–C) groups is 1. The van der Waals surface area contributed by atoms with Crippen LogP contribution < -0.4 is 61.8 Å². The van der Waals surface area contributed by atoms with Crippen molar-refractivity contribution < 1.29 is 56.5 Å². The Hall–Kier alpha value is 1.07. The molecule has 1 rings (SSSR count). The number of nitrogens with zero attached hydrogens (tertiary/aromatic N) is 1. The summed E-state index contributed by atoms with van der Waals surface area (Å²) in [6, 6.07) is 0. The van der Waals surface area contributed by atoms with Gasteiger partial charge >= 0.3 is 51.4 Å². The largest absolute Gasteiger partial charge is 1.00 e. The van der Waals surface area contributed by atoms with Crippen LogP contribution in [0.25, 0.3) is 0 Å². The molecule has 0 aromatic rings. The Bertz CT molecular complexity index is 114. The molecule has 1 aliphatic rings. The number of rotatable bonds is 1. The predicted octanol–water partition coefficient (Wildman–Crippen LogP) is -4.26. The fraction of sp³-hybridized carbons (Fsp3) is 0.800. The standard InChI is InChI=1S/C5H9N2O.K/c1-4(8)5-6-2-3-7-5;/h4H,2-3H2,1H3,(H,6,7);/q-1;+1. The fourth-order valence-electron chi connectivity index (χ4n) is 0.689. The third-order valence-electron chi connectivity index (χ3n) is 1.09. The number of amidine groups is 1. The molecule has 1 unspecified atom stereocenters. The van der Waals surface area contributed by atoms with E-state index in [9.17, 15) is 5.11 Å². The molecule has 3 nitrogen and oxygen atoms in total. The summed E-state index contributed by atoms with van der Waals surface area (Å²) in [6.45, 7) is 3.20. The Balaban J connectivity index is 0.000000640. The van der Waals surface area contributed by atoms with Crippen LogP contribution in [-0.4, -0.2) is 25.0 Å². The first-order chi connectivity index (χ1) is 3.80. The van der Waals surface area contributed by atoms with Crippen molar-refractivity contribution in [1.82, 2.24) is 5.32 Å². The van der Waals surface area contributed by atoms with Crippen LogP contribution >= 0.6 is 0 Å². The number of hydrogen-bond donors (Lipinski definition) is 1. The molecule has 0 spiro atoms. The molecule has 0 saturated carbocycles. The maximum Gasteiger partial charge on any atom is 1.00 e. The number of nitrogens with one attached hydrogen (secondary N) is 1. The smallest absolute Gasteiger partial charge is 0.847 e. The van der Waals surface area contributed by atoms with Gasteiger partial charge in [-0.3, -0.25) is 4.99 Å². The summed E-state index contributed by atoms with van der Waals surface area (Å²) in [6.07, 6.45) is -0.669. The first kappa shape index (κ1) is 10.1. The van der Waals surface area contributed by atoms with Gasteiger partial charge in [0.1, 0.15) is 0 Å². The third-order valence-corrected chi connectivity index (χ3v) is 1.09. The van der Waals surface area contributed by atoms with E-state index in [1.54, 1.807) is 6.92 Å². The van der Waals surface area contributed by atoms with Crippen LogP contribution in [-0.2, 0) is 0 Å². The van der Waals surface area contributed by atoms with E-state index in [-0.39, 0.29) is 51.4 Å². The second kappa shape index (κ2) is 4.82. The van der Waals surface area contributed by atoms with Gasteiger partial charge in [0.2, 0.25) is 0 Å². The number of hydrogen-bond acceptors (Lipinski definition) is 3. The third kappa shape index (κ3) is 3.11. The molecule has 9 heavy (non-hydrogen) atoms. The summed E-state index contributed by atoms with van der Waals surface area (Å²) in [5.41, 5.74) is 0. The van der Waals surface area contributed by atoms with Gasteiger partial charge in [-0.1, -0.05) is 13.0 Å². The fourth-order valence-corrected chi connectivity index (χ4v) is 0.689. The summed E-state index contributed by atoms with van der Waals surface area (Å²) in [7, 11) is 0. The van der Waals surface area contributed by atoms with Crippen molar-refractivity contribution >= 4 is 5.84 Å². The van der Waals surface area contributed by atoms with Crippen LogP contribution in [0.1, 0.15) is 6.92 Å². The van der Waals surface area contributed by atoms with E-state index in [2.05, 4.69) is 10.3 Å². The molecule has 0 saturated heterocycles. The summed E-state index contributed by atoms with van der Waals surface area (Å²) < 4.78 is 0. The zero-order valence-electron chi connectivity index (χ0n) is 5.85. The Morgan fingerprint density at radius 2 is 2.44 bits per heavy atom. The molecule has 0 bridgehead atoms. The van der Waals surface area contributed by atoms with Crippen LogP contribution in [0.3, 0.4) is 0 Å². The Morgan fingerprint density at radius 1 is 1.78 bits per heavy atom. The zero-order valence-corrected chi connectivity index (χ0v) is 8.97. The van der Waals surface area contributed by atoms with E-state index in [0.717, 1.165) is 13.1 Å². The van der Waals surface area contributed by atoms with Crippen LogP contribution in [0.15, 0.2) is 4.99 Å². The van der Waals surface area contributed by atoms with Crippen LogP contribution in [0, 0.1) is 0 Å². The Labute approximate surface area is 97.4 Å². The quantitative estimate of drug-likeness (QED) is 0.387. The Kier molecular flexibility index (Phi) is 5.39. The molecule has 0 aromatic carbocycles. The second-order valence-electron chi connectivity index (χ2n) is 1.84. The van der Waals surface area contributed by atoms with E-state index < -0.39 is 6.10 Å². The minimum absolute atomic E-state index is 0. The van der Waals surface area contributed by atoms with Gasteiger partial charge in [-0.05, 0) is 0 Å². The summed E-state index contributed by atoms with van der Waals surface area (Å²) >= 11 is 0. The molecular weight excluding hydrogens is 143 g/mol. The average molecular weight is 152 g/mol. The van der Waals surface area contributed by atoms with E-state index in [0.29, 0.717) is 5.84 Å². The van der Waals surface area contributed by atoms with E-state index in [4.69, 9.17) is 0 Å². The molecule has 0 amide bonds. The maximum absolute atomic E-state index is 10.5. The van der Waals surface area contributed by atoms with Gasteiger partial charge in [-0.2, -0.15) is 0 Å². The van der Waals surface area contributed by atoms with Crippen LogP contribution in [0.4, 0.5) is 0 Å². The van der Waals surface area contributed by atoms with E-state index >= 15 is 0 Å². The van der Waals surface area contributed by atoms with Crippen molar-refractivity contribution in [1.29, 1.82) is 0 Å². The average Bonchev–Trinajstić information content (AvgIpc) is 2.12. The van der Waals surface area contributed by atoms with Gasteiger partial charge in [-0.25, -0.2) is 0 Å². The van der Waals surface area contributed by atoms with Crippen molar-refractivity contribution in [3.63, 3.8) is 0 Å². The molecule has 1 atom stereocenters. The monoisotopic (exact) mass is 152 g/mol. The molecule has 1 aliphatic heterocycles. The van der Waals surface area contributed by atoms with Crippen LogP contribution in [0.2, 0.25) is 0 Å². The van der Waals surface area contributed by atoms with Crippen molar-refractivity contribution in [2.75, 3.05) is 13.1 Å². The van der Waals surface area contributed by atoms with Gasteiger partial charge in [0.25, 0.3) is 0 Å². The molecule has 0 fully saturated rings. The molecule has 4 heteroatoms.